The number of piperidine rings is 1. The Morgan fingerprint density at radius 2 is 1.81 bits per heavy atom. The zero-order valence-corrected chi connectivity index (χ0v) is 14.6. The molecule has 0 aromatic carbocycles. The van der Waals surface area contributed by atoms with Gasteiger partial charge in [0.25, 0.3) is 0 Å². The summed E-state index contributed by atoms with van der Waals surface area (Å²) in [4.78, 5) is 14.6. The molecule has 1 fully saturated rings. The van der Waals surface area contributed by atoms with Crippen molar-refractivity contribution in [2.75, 3.05) is 19.6 Å². The second-order valence-corrected chi connectivity index (χ2v) is 7.51. The summed E-state index contributed by atoms with van der Waals surface area (Å²) < 4.78 is 0. The summed E-state index contributed by atoms with van der Waals surface area (Å²) in [6.07, 6.45) is 3.29. The summed E-state index contributed by atoms with van der Waals surface area (Å²) in [6.45, 7) is 14.0. The third-order valence-corrected chi connectivity index (χ3v) is 4.60. The SMILES string of the molecule is CC(C)C[C@H](N)C(=O)NCC(C(C)C)N1CCC(C)CC1. The van der Waals surface area contributed by atoms with Crippen LogP contribution in [-0.4, -0.2) is 42.5 Å². The van der Waals surface area contributed by atoms with E-state index in [4.69, 9.17) is 5.73 Å². The van der Waals surface area contributed by atoms with Crippen molar-refractivity contribution >= 4 is 5.91 Å². The third kappa shape index (κ3) is 6.35. The zero-order valence-electron chi connectivity index (χ0n) is 14.6. The predicted molar refractivity (Wildman–Crippen MR) is 89.0 cm³/mol. The van der Waals surface area contributed by atoms with Gasteiger partial charge in [-0.3, -0.25) is 9.69 Å². The number of nitrogens with one attached hydrogen (secondary N) is 1. The third-order valence-electron chi connectivity index (χ3n) is 4.60. The van der Waals surface area contributed by atoms with Gasteiger partial charge in [0.2, 0.25) is 5.91 Å². The molecule has 1 saturated heterocycles. The van der Waals surface area contributed by atoms with E-state index in [-0.39, 0.29) is 11.9 Å². The number of nitrogens with zero attached hydrogens (tertiary/aromatic N) is 1. The lowest BCUT2D eigenvalue weighted by molar-refractivity contribution is -0.123. The highest BCUT2D eigenvalue weighted by Gasteiger charge is 2.26. The van der Waals surface area contributed by atoms with Crippen LogP contribution in [0.15, 0.2) is 0 Å². The van der Waals surface area contributed by atoms with Crippen molar-refractivity contribution in [2.24, 2.45) is 23.5 Å². The highest BCUT2D eigenvalue weighted by molar-refractivity contribution is 5.81. The predicted octanol–water partition coefficient (Wildman–Crippen LogP) is 2.23. The molecule has 0 aromatic heterocycles. The molecule has 1 rings (SSSR count). The Morgan fingerprint density at radius 3 is 2.29 bits per heavy atom. The molecule has 0 aromatic rings. The number of carbonyl (C=O) groups excluding carboxylic acids is 1. The van der Waals surface area contributed by atoms with Crippen molar-refractivity contribution in [2.45, 2.75) is 66.0 Å². The Balaban J connectivity index is 2.46. The summed E-state index contributed by atoms with van der Waals surface area (Å²) in [5.74, 6) is 1.83. The first-order valence-electron chi connectivity index (χ1n) is 8.58. The van der Waals surface area contributed by atoms with Crippen molar-refractivity contribution < 1.29 is 4.79 Å². The van der Waals surface area contributed by atoms with E-state index in [0.29, 0.717) is 17.9 Å². The molecule has 2 atom stereocenters. The van der Waals surface area contributed by atoms with E-state index in [1.165, 1.54) is 12.8 Å². The molecule has 21 heavy (non-hydrogen) atoms. The Bertz CT molecular complexity index is 309. The van der Waals surface area contributed by atoms with Crippen LogP contribution < -0.4 is 11.1 Å². The van der Waals surface area contributed by atoms with Gasteiger partial charge in [0.15, 0.2) is 0 Å². The van der Waals surface area contributed by atoms with Gasteiger partial charge in [-0.25, -0.2) is 0 Å². The van der Waals surface area contributed by atoms with E-state index in [1.54, 1.807) is 0 Å². The van der Waals surface area contributed by atoms with Gasteiger partial charge >= 0.3 is 0 Å². The fourth-order valence-electron chi connectivity index (χ4n) is 3.10. The summed E-state index contributed by atoms with van der Waals surface area (Å²) in [5, 5.41) is 3.07. The van der Waals surface area contributed by atoms with E-state index < -0.39 is 0 Å². The first-order valence-corrected chi connectivity index (χ1v) is 8.58. The largest absolute Gasteiger partial charge is 0.353 e. The van der Waals surface area contributed by atoms with Crippen LogP contribution in [0.4, 0.5) is 0 Å². The number of likely N-dealkylation sites (tertiary alicyclic amines) is 1. The number of hydrogen-bond donors (Lipinski definition) is 2. The number of amides is 1. The average molecular weight is 297 g/mol. The maximum atomic E-state index is 12.1. The van der Waals surface area contributed by atoms with Crippen LogP contribution >= 0.6 is 0 Å². The molecule has 1 aliphatic rings. The lowest BCUT2D eigenvalue weighted by Gasteiger charge is -2.39. The van der Waals surface area contributed by atoms with Crippen LogP contribution in [0, 0.1) is 17.8 Å². The highest BCUT2D eigenvalue weighted by Crippen LogP contribution is 2.21. The van der Waals surface area contributed by atoms with Crippen molar-refractivity contribution in [1.82, 2.24) is 10.2 Å². The van der Waals surface area contributed by atoms with Crippen molar-refractivity contribution in [3.8, 4) is 0 Å². The molecule has 0 aliphatic carbocycles. The van der Waals surface area contributed by atoms with Gasteiger partial charge in [-0.05, 0) is 50.1 Å². The molecule has 124 valence electrons. The van der Waals surface area contributed by atoms with Crippen LogP contribution in [0.5, 0.6) is 0 Å². The number of hydrogen-bond acceptors (Lipinski definition) is 3. The van der Waals surface area contributed by atoms with Crippen molar-refractivity contribution in [3.05, 3.63) is 0 Å². The van der Waals surface area contributed by atoms with E-state index in [1.807, 2.05) is 0 Å². The molecule has 0 radical (unpaired) electrons. The normalized spacial score (nSPS) is 20.8. The zero-order chi connectivity index (χ0) is 16.0. The minimum atomic E-state index is -0.376. The molecule has 3 N–H and O–H groups in total. The van der Waals surface area contributed by atoms with Gasteiger partial charge in [0.05, 0.1) is 6.04 Å². The molecule has 1 heterocycles. The van der Waals surface area contributed by atoms with Gasteiger partial charge in [0.1, 0.15) is 0 Å². The van der Waals surface area contributed by atoms with Crippen molar-refractivity contribution in [3.63, 3.8) is 0 Å². The van der Waals surface area contributed by atoms with Crippen LogP contribution in [0.3, 0.4) is 0 Å². The Labute approximate surface area is 130 Å². The van der Waals surface area contributed by atoms with E-state index in [9.17, 15) is 4.79 Å². The molecule has 0 bridgehead atoms. The molecule has 1 aliphatic heterocycles. The first-order chi connectivity index (χ1) is 9.81. The second kappa shape index (κ2) is 8.74. The van der Waals surface area contributed by atoms with Crippen LogP contribution in [0.2, 0.25) is 0 Å². The Kier molecular flexibility index (Phi) is 7.67. The number of nitrogens with two attached hydrogens (primary N) is 1. The maximum Gasteiger partial charge on any atom is 0.236 e. The molecule has 1 amide bonds. The van der Waals surface area contributed by atoms with Crippen LogP contribution in [0.1, 0.15) is 53.9 Å². The fourth-order valence-corrected chi connectivity index (χ4v) is 3.10. The minimum Gasteiger partial charge on any atom is -0.353 e. The van der Waals surface area contributed by atoms with Gasteiger partial charge in [0, 0.05) is 12.6 Å². The molecule has 0 saturated carbocycles. The maximum absolute atomic E-state index is 12.1. The van der Waals surface area contributed by atoms with Gasteiger partial charge < -0.3 is 11.1 Å². The van der Waals surface area contributed by atoms with Gasteiger partial charge in [-0.1, -0.05) is 34.6 Å². The second-order valence-electron chi connectivity index (χ2n) is 7.51. The first kappa shape index (κ1) is 18.4. The Hall–Kier alpha value is -0.610. The lowest BCUT2D eigenvalue weighted by atomic mass is 9.94. The monoisotopic (exact) mass is 297 g/mol. The topological polar surface area (TPSA) is 58.4 Å². The molecule has 1 unspecified atom stereocenters. The molecule has 4 nitrogen and oxygen atoms in total. The van der Waals surface area contributed by atoms with E-state index in [2.05, 4.69) is 44.8 Å². The summed E-state index contributed by atoms with van der Waals surface area (Å²) in [7, 11) is 0. The van der Waals surface area contributed by atoms with Gasteiger partial charge in [-0.15, -0.1) is 0 Å². The number of carbonyl (C=O) groups is 1. The quantitative estimate of drug-likeness (QED) is 0.757. The van der Waals surface area contributed by atoms with Crippen LogP contribution in [-0.2, 0) is 4.79 Å². The Morgan fingerprint density at radius 1 is 1.24 bits per heavy atom. The lowest BCUT2D eigenvalue weighted by Crippen LogP contribution is -2.52. The summed E-state index contributed by atoms with van der Waals surface area (Å²) in [6, 6.07) is 0.0480. The van der Waals surface area contributed by atoms with Gasteiger partial charge in [-0.2, -0.15) is 0 Å². The molecular formula is C17H35N3O. The highest BCUT2D eigenvalue weighted by atomic mass is 16.2. The molecular weight excluding hydrogens is 262 g/mol. The smallest absolute Gasteiger partial charge is 0.236 e. The van der Waals surface area contributed by atoms with E-state index >= 15 is 0 Å². The summed E-state index contributed by atoms with van der Waals surface area (Å²) >= 11 is 0. The number of rotatable bonds is 7. The molecule has 0 spiro atoms. The minimum absolute atomic E-state index is 0.000252. The van der Waals surface area contributed by atoms with E-state index in [0.717, 1.165) is 32.0 Å². The summed E-state index contributed by atoms with van der Waals surface area (Å²) in [5.41, 5.74) is 5.95. The average Bonchev–Trinajstić information content (AvgIpc) is 2.39. The standard InChI is InChI=1S/C17H35N3O/c1-12(2)10-15(18)17(21)19-11-16(13(3)4)20-8-6-14(5)7-9-20/h12-16H,6-11,18H2,1-5H3,(H,19,21)/t15-,16?/m0/s1. The van der Waals surface area contributed by atoms with Crippen molar-refractivity contribution in [1.29, 1.82) is 0 Å². The van der Waals surface area contributed by atoms with Crippen LogP contribution in [0.25, 0.3) is 0 Å². The fraction of sp³-hybridized carbons (Fsp3) is 0.941. The molecule has 4 heteroatoms.